The molecule has 4 rings (SSSR count). The van der Waals surface area contributed by atoms with E-state index in [1.54, 1.807) is 24.3 Å². The van der Waals surface area contributed by atoms with E-state index in [-0.39, 0.29) is 13.0 Å². The maximum absolute atomic E-state index is 12.5. The van der Waals surface area contributed by atoms with E-state index in [9.17, 15) is 30.0 Å². The maximum Gasteiger partial charge on any atom is 0.310 e. The van der Waals surface area contributed by atoms with Crippen LogP contribution in [-0.2, 0) is 38.5 Å². The minimum Gasteiger partial charge on any atom is -0.461 e. The molecule has 1 fully saturated rings. The number of ether oxygens (including phenoxy) is 3. The number of Topliss-reactive ketones (excluding diaryl/α,β-unsaturated/α-hetero) is 1. The number of aliphatic hydroxyl groups is 4. The topological polar surface area (TPSA) is 143 Å². The first-order chi connectivity index (χ1) is 18.3. The van der Waals surface area contributed by atoms with Crippen LogP contribution in [0.3, 0.4) is 0 Å². The summed E-state index contributed by atoms with van der Waals surface area (Å²) >= 11 is 0. The first kappa shape index (κ1) is 27.8. The van der Waals surface area contributed by atoms with Crippen LogP contribution in [0, 0.1) is 0 Å². The number of carbonyl (C=O) groups is 2. The van der Waals surface area contributed by atoms with Gasteiger partial charge in [0.15, 0.2) is 12.1 Å². The zero-order chi connectivity index (χ0) is 27.2. The molecule has 0 amide bonds. The largest absolute Gasteiger partial charge is 0.461 e. The Kier molecular flexibility index (Phi) is 9.22. The molecule has 0 spiro atoms. The van der Waals surface area contributed by atoms with Crippen LogP contribution in [0.15, 0.2) is 60.7 Å². The van der Waals surface area contributed by atoms with Crippen molar-refractivity contribution in [3.05, 3.63) is 82.9 Å². The summed E-state index contributed by atoms with van der Waals surface area (Å²) in [4.78, 5) is 24.9. The Morgan fingerprint density at radius 2 is 1.47 bits per heavy atom. The van der Waals surface area contributed by atoms with Crippen molar-refractivity contribution < 1.29 is 44.2 Å². The van der Waals surface area contributed by atoms with E-state index in [1.165, 1.54) is 5.56 Å². The molecule has 1 heterocycles. The summed E-state index contributed by atoms with van der Waals surface area (Å²) in [5.41, 5.74) is 3.15. The molecular weight excluding hydrogens is 492 g/mol. The molecule has 9 nitrogen and oxygen atoms in total. The normalized spacial score (nSPS) is 23.3. The van der Waals surface area contributed by atoms with Gasteiger partial charge < -0.3 is 34.6 Å². The lowest BCUT2D eigenvalue weighted by Crippen LogP contribution is -2.59. The van der Waals surface area contributed by atoms with E-state index in [1.807, 2.05) is 18.2 Å². The predicted octanol–water partition coefficient (Wildman–Crippen LogP) is 1.69. The fraction of sp³-hybridized carbons (Fsp3) is 0.379. The Bertz CT molecular complexity index is 1250. The average molecular weight is 525 g/mol. The van der Waals surface area contributed by atoms with Crippen LogP contribution < -0.4 is 0 Å². The van der Waals surface area contributed by atoms with Gasteiger partial charge in [-0.15, -0.1) is 0 Å². The zero-order valence-corrected chi connectivity index (χ0v) is 21.0. The number of hydrogen-bond donors (Lipinski definition) is 4. The van der Waals surface area contributed by atoms with Crippen LogP contribution in [0.2, 0.25) is 0 Å². The SMILES string of the molecule is CCc1ccc2cc(COC(=O)Cc3ccc(C(=O)CO[C@@H]4O[C@H](CO)[C@H](O)[C@H](O)[C@H]4O)cc3)ccc2c1. The Balaban J connectivity index is 1.26. The predicted molar refractivity (Wildman–Crippen MR) is 137 cm³/mol. The van der Waals surface area contributed by atoms with E-state index in [0.29, 0.717) is 11.1 Å². The smallest absolute Gasteiger partial charge is 0.310 e. The number of hydrogen-bond acceptors (Lipinski definition) is 9. The zero-order valence-electron chi connectivity index (χ0n) is 21.0. The molecule has 0 aromatic heterocycles. The number of carbonyl (C=O) groups excluding carboxylic acids is 2. The van der Waals surface area contributed by atoms with Crippen LogP contribution in [0.5, 0.6) is 0 Å². The van der Waals surface area contributed by atoms with Gasteiger partial charge in [-0.05, 0) is 39.9 Å². The van der Waals surface area contributed by atoms with Crippen LogP contribution in [-0.4, -0.2) is 76.1 Å². The summed E-state index contributed by atoms with van der Waals surface area (Å²) in [7, 11) is 0. The number of esters is 1. The second kappa shape index (κ2) is 12.6. The Labute approximate surface area is 220 Å². The quantitative estimate of drug-likeness (QED) is 0.230. The molecule has 1 aliphatic rings. The van der Waals surface area contributed by atoms with E-state index >= 15 is 0 Å². The maximum atomic E-state index is 12.5. The van der Waals surface area contributed by atoms with Crippen molar-refractivity contribution in [2.75, 3.05) is 13.2 Å². The highest BCUT2D eigenvalue weighted by Crippen LogP contribution is 2.22. The van der Waals surface area contributed by atoms with Gasteiger partial charge in [0, 0.05) is 5.56 Å². The monoisotopic (exact) mass is 524 g/mol. The second-order valence-corrected chi connectivity index (χ2v) is 9.34. The summed E-state index contributed by atoms with van der Waals surface area (Å²) in [6.45, 7) is 1.22. The highest BCUT2D eigenvalue weighted by Gasteiger charge is 2.44. The van der Waals surface area contributed by atoms with Gasteiger partial charge in [0.1, 0.15) is 37.6 Å². The Morgan fingerprint density at radius 1 is 0.842 bits per heavy atom. The van der Waals surface area contributed by atoms with E-state index < -0.39 is 55.7 Å². The highest BCUT2D eigenvalue weighted by atomic mass is 16.7. The molecule has 38 heavy (non-hydrogen) atoms. The van der Waals surface area contributed by atoms with Gasteiger partial charge in [-0.2, -0.15) is 0 Å². The van der Waals surface area contributed by atoms with Gasteiger partial charge >= 0.3 is 5.97 Å². The van der Waals surface area contributed by atoms with Gasteiger partial charge in [0.05, 0.1) is 13.0 Å². The van der Waals surface area contributed by atoms with E-state index in [4.69, 9.17) is 14.2 Å². The third-order valence-electron chi connectivity index (χ3n) is 6.63. The minimum atomic E-state index is -1.59. The minimum absolute atomic E-state index is 0.0449. The van der Waals surface area contributed by atoms with Gasteiger partial charge in [0.25, 0.3) is 0 Å². The van der Waals surface area contributed by atoms with Crippen molar-refractivity contribution in [3.8, 4) is 0 Å². The lowest BCUT2D eigenvalue weighted by molar-refractivity contribution is -0.298. The van der Waals surface area contributed by atoms with Crippen LogP contribution in [0.25, 0.3) is 10.8 Å². The molecule has 0 bridgehead atoms. The standard InChI is InChI=1S/C29H32O9/c1-2-17-3-9-22-12-19(6-10-21(22)11-17)15-36-25(32)13-18-4-7-20(8-5-18)23(31)16-37-29-28(35)27(34)26(33)24(14-30)38-29/h3-12,24,26-30,33-35H,2,13-16H2,1H3/t24-,26+,27+,28-,29-/m1/s1. The van der Waals surface area contributed by atoms with Gasteiger partial charge in [-0.25, -0.2) is 0 Å². The summed E-state index contributed by atoms with van der Waals surface area (Å²) < 4.78 is 16.0. The fourth-order valence-electron chi connectivity index (χ4n) is 4.29. The number of aliphatic hydroxyl groups excluding tert-OH is 4. The molecule has 3 aromatic carbocycles. The number of fused-ring (bicyclic) bond motifs is 1. The van der Waals surface area contributed by atoms with Crippen molar-refractivity contribution in [3.63, 3.8) is 0 Å². The van der Waals surface area contributed by atoms with Crippen molar-refractivity contribution in [1.82, 2.24) is 0 Å². The molecule has 5 atom stereocenters. The van der Waals surface area contributed by atoms with Crippen LogP contribution >= 0.6 is 0 Å². The van der Waals surface area contributed by atoms with Gasteiger partial charge in [-0.3, -0.25) is 9.59 Å². The van der Waals surface area contributed by atoms with Crippen molar-refractivity contribution in [1.29, 1.82) is 0 Å². The van der Waals surface area contributed by atoms with E-state index in [0.717, 1.165) is 22.8 Å². The lowest BCUT2D eigenvalue weighted by atomic mass is 9.99. The number of rotatable bonds is 10. The summed E-state index contributed by atoms with van der Waals surface area (Å²) in [5.74, 6) is -0.810. The summed E-state index contributed by atoms with van der Waals surface area (Å²) in [6, 6.07) is 18.7. The summed E-state index contributed by atoms with van der Waals surface area (Å²) in [6.07, 6.45) is -6.18. The highest BCUT2D eigenvalue weighted by molar-refractivity contribution is 5.97. The molecule has 0 unspecified atom stereocenters. The molecule has 1 aliphatic heterocycles. The van der Waals surface area contributed by atoms with Crippen LogP contribution in [0.1, 0.15) is 34.0 Å². The molecule has 0 radical (unpaired) electrons. The first-order valence-electron chi connectivity index (χ1n) is 12.5. The molecular formula is C29H32O9. The Morgan fingerprint density at radius 3 is 2.13 bits per heavy atom. The molecule has 9 heteroatoms. The molecule has 0 aliphatic carbocycles. The molecule has 0 saturated carbocycles. The fourth-order valence-corrected chi connectivity index (χ4v) is 4.29. The molecule has 1 saturated heterocycles. The Hall–Kier alpha value is -3.18. The second-order valence-electron chi connectivity index (χ2n) is 9.34. The van der Waals surface area contributed by atoms with Crippen molar-refractivity contribution >= 4 is 22.5 Å². The molecule has 3 aromatic rings. The molecule has 4 N–H and O–H groups in total. The third-order valence-corrected chi connectivity index (χ3v) is 6.63. The lowest BCUT2D eigenvalue weighted by Gasteiger charge is -2.39. The van der Waals surface area contributed by atoms with Gasteiger partial charge in [-0.1, -0.05) is 61.5 Å². The molecule has 202 valence electrons. The van der Waals surface area contributed by atoms with Gasteiger partial charge in [0.2, 0.25) is 0 Å². The number of aryl methyl sites for hydroxylation is 1. The number of ketones is 1. The summed E-state index contributed by atoms with van der Waals surface area (Å²) in [5, 5.41) is 41.1. The van der Waals surface area contributed by atoms with Crippen molar-refractivity contribution in [2.45, 2.75) is 57.1 Å². The third kappa shape index (κ3) is 6.63. The van der Waals surface area contributed by atoms with Crippen molar-refractivity contribution in [2.24, 2.45) is 0 Å². The number of benzene rings is 3. The van der Waals surface area contributed by atoms with Crippen LogP contribution in [0.4, 0.5) is 0 Å². The average Bonchev–Trinajstić information content (AvgIpc) is 2.94. The first-order valence-corrected chi connectivity index (χ1v) is 12.5. The van der Waals surface area contributed by atoms with E-state index in [2.05, 4.69) is 25.1 Å².